The molecule has 0 saturated carbocycles. The molecule has 2 aromatic carbocycles. The van der Waals surface area contributed by atoms with E-state index in [2.05, 4.69) is 5.16 Å². The fraction of sp³-hybridized carbons (Fsp3) is 0.176. The van der Waals surface area contributed by atoms with E-state index in [0.717, 1.165) is 11.1 Å². The van der Waals surface area contributed by atoms with Gasteiger partial charge in [-0.1, -0.05) is 17.3 Å². The summed E-state index contributed by atoms with van der Waals surface area (Å²) < 4.78 is 10.4. The van der Waals surface area contributed by atoms with Crippen LogP contribution in [0.1, 0.15) is 21.5 Å². The van der Waals surface area contributed by atoms with E-state index in [-0.39, 0.29) is 0 Å². The number of carbonyl (C=O) groups excluding carboxylic acids is 1. The lowest BCUT2D eigenvalue weighted by Crippen LogP contribution is -2.10. The van der Waals surface area contributed by atoms with E-state index < -0.39 is 5.91 Å². The quantitative estimate of drug-likeness (QED) is 0.628. The molecule has 0 radical (unpaired) electrons. The summed E-state index contributed by atoms with van der Waals surface area (Å²) in [6.45, 7) is 0.294. The molecule has 120 valence electrons. The van der Waals surface area contributed by atoms with Crippen molar-refractivity contribution in [2.75, 3.05) is 14.2 Å². The first-order valence-corrected chi connectivity index (χ1v) is 6.90. The van der Waals surface area contributed by atoms with E-state index in [1.165, 1.54) is 0 Å². The first-order chi connectivity index (χ1) is 11.1. The van der Waals surface area contributed by atoms with Crippen molar-refractivity contribution in [3.8, 4) is 11.5 Å². The number of nitrogens with zero attached hydrogens (tertiary/aromatic N) is 1. The summed E-state index contributed by atoms with van der Waals surface area (Å²) in [5.41, 5.74) is 7.36. The molecule has 0 bridgehead atoms. The number of primary amides is 1. The van der Waals surface area contributed by atoms with E-state index >= 15 is 0 Å². The smallest absolute Gasteiger partial charge is 0.248 e. The maximum Gasteiger partial charge on any atom is 0.248 e. The maximum absolute atomic E-state index is 11.0. The molecule has 6 heteroatoms. The molecule has 2 N–H and O–H groups in total. The van der Waals surface area contributed by atoms with Gasteiger partial charge in [-0.05, 0) is 35.9 Å². The third-order valence-electron chi connectivity index (χ3n) is 3.15. The Balaban J connectivity index is 1.93. The van der Waals surface area contributed by atoms with Crippen LogP contribution in [0.3, 0.4) is 0 Å². The summed E-state index contributed by atoms with van der Waals surface area (Å²) >= 11 is 0. The fourth-order valence-electron chi connectivity index (χ4n) is 1.91. The summed E-state index contributed by atoms with van der Waals surface area (Å²) in [6, 6.07) is 12.3. The van der Waals surface area contributed by atoms with Crippen LogP contribution in [0.25, 0.3) is 0 Å². The Labute approximate surface area is 134 Å². The minimum atomic E-state index is -0.455. The molecule has 2 rings (SSSR count). The molecule has 0 atom stereocenters. The molecule has 6 nitrogen and oxygen atoms in total. The molecule has 0 spiro atoms. The van der Waals surface area contributed by atoms with Crippen molar-refractivity contribution in [1.82, 2.24) is 0 Å². The van der Waals surface area contributed by atoms with Crippen molar-refractivity contribution in [2.45, 2.75) is 6.61 Å². The lowest BCUT2D eigenvalue weighted by atomic mass is 10.1. The summed E-state index contributed by atoms with van der Waals surface area (Å²) in [5.74, 6) is 0.822. The van der Waals surface area contributed by atoms with E-state index in [9.17, 15) is 4.79 Å². The molecule has 0 fully saturated rings. The third kappa shape index (κ3) is 4.47. The second kappa shape index (κ2) is 7.84. The molecular formula is C17H18N2O4. The fourth-order valence-corrected chi connectivity index (χ4v) is 1.91. The molecule has 0 saturated heterocycles. The lowest BCUT2D eigenvalue weighted by molar-refractivity contribution is 0.1000. The highest BCUT2D eigenvalue weighted by Crippen LogP contribution is 2.26. The predicted molar refractivity (Wildman–Crippen MR) is 86.9 cm³/mol. The first-order valence-electron chi connectivity index (χ1n) is 6.90. The number of carbonyl (C=O) groups is 1. The van der Waals surface area contributed by atoms with E-state index in [0.29, 0.717) is 23.7 Å². The van der Waals surface area contributed by atoms with Crippen LogP contribution in [0.2, 0.25) is 0 Å². The Bertz CT molecular complexity index is 696. The van der Waals surface area contributed by atoms with Gasteiger partial charge in [-0.15, -0.1) is 0 Å². The van der Waals surface area contributed by atoms with Crippen LogP contribution >= 0.6 is 0 Å². The molecule has 2 aromatic rings. The van der Waals surface area contributed by atoms with Crippen LogP contribution in [-0.4, -0.2) is 26.3 Å². The zero-order valence-electron chi connectivity index (χ0n) is 13.0. The molecular weight excluding hydrogens is 296 g/mol. The average molecular weight is 314 g/mol. The minimum absolute atomic E-state index is 0.294. The Morgan fingerprint density at radius 1 is 1.09 bits per heavy atom. The van der Waals surface area contributed by atoms with Gasteiger partial charge in [-0.25, -0.2) is 0 Å². The van der Waals surface area contributed by atoms with Gasteiger partial charge in [0.05, 0.1) is 20.4 Å². The zero-order chi connectivity index (χ0) is 16.7. The second-order valence-electron chi connectivity index (χ2n) is 4.68. The van der Waals surface area contributed by atoms with Gasteiger partial charge in [0.1, 0.15) is 6.61 Å². The molecule has 23 heavy (non-hydrogen) atoms. The monoisotopic (exact) mass is 314 g/mol. The van der Waals surface area contributed by atoms with Gasteiger partial charge in [0.2, 0.25) is 5.91 Å². The summed E-state index contributed by atoms with van der Waals surface area (Å²) in [5, 5.41) is 3.91. The lowest BCUT2D eigenvalue weighted by Gasteiger charge is -2.07. The summed E-state index contributed by atoms with van der Waals surface area (Å²) in [4.78, 5) is 16.2. The van der Waals surface area contributed by atoms with Crippen molar-refractivity contribution in [3.63, 3.8) is 0 Å². The average Bonchev–Trinajstić information content (AvgIpc) is 2.58. The van der Waals surface area contributed by atoms with E-state index in [1.807, 2.05) is 6.07 Å². The Morgan fingerprint density at radius 3 is 2.39 bits per heavy atom. The highest BCUT2D eigenvalue weighted by atomic mass is 16.6. The van der Waals surface area contributed by atoms with Gasteiger partial charge in [0.25, 0.3) is 0 Å². The Morgan fingerprint density at radius 2 is 1.78 bits per heavy atom. The SMILES string of the molecule is COc1ccc(C=NOCc2ccc(C(N)=O)cc2)cc1OC. The largest absolute Gasteiger partial charge is 0.493 e. The number of nitrogens with two attached hydrogens (primary N) is 1. The highest BCUT2D eigenvalue weighted by Gasteiger charge is 2.03. The Kier molecular flexibility index (Phi) is 5.57. The normalized spacial score (nSPS) is 10.5. The number of hydrogen-bond acceptors (Lipinski definition) is 5. The van der Waals surface area contributed by atoms with Crippen LogP contribution in [0.15, 0.2) is 47.6 Å². The minimum Gasteiger partial charge on any atom is -0.493 e. The number of ether oxygens (including phenoxy) is 2. The number of oxime groups is 1. The predicted octanol–water partition coefficient (Wildman–Crippen LogP) is 2.35. The number of benzene rings is 2. The molecule has 0 aliphatic rings. The summed E-state index contributed by atoms with van der Waals surface area (Å²) in [7, 11) is 3.16. The van der Waals surface area contributed by atoms with Gasteiger partial charge in [-0.2, -0.15) is 0 Å². The molecule has 0 heterocycles. The highest BCUT2D eigenvalue weighted by molar-refractivity contribution is 5.92. The van der Waals surface area contributed by atoms with Crippen molar-refractivity contribution in [1.29, 1.82) is 0 Å². The van der Waals surface area contributed by atoms with Crippen molar-refractivity contribution in [3.05, 3.63) is 59.2 Å². The van der Waals surface area contributed by atoms with Crippen molar-refractivity contribution < 1.29 is 19.1 Å². The zero-order valence-corrected chi connectivity index (χ0v) is 13.0. The molecule has 0 aliphatic heterocycles. The first kappa shape index (κ1) is 16.4. The third-order valence-corrected chi connectivity index (χ3v) is 3.15. The van der Waals surface area contributed by atoms with Crippen LogP contribution in [0.4, 0.5) is 0 Å². The van der Waals surface area contributed by atoms with Crippen LogP contribution in [-0.2, 0) is 11.4 Å². The Hall–Kier alpha value is -3.02. The van der Waals surface area contributed by atoms with Crippen LogP contribution < -0.4 is 15.2 Å². The maximum atomic E-state index is 11.0. The van der Waals surface area contributed by atoms with Gasteiger partial charge in [-0.3, -0.25) is 4.79 Å². The standard InChI is InChI=1S/C17H18N2O4/c1-21-15-8-5-13(9-16(15)22-2)10-19-23-11-12-3-6-14(7-4-12)17(18)20/h3-10H,11H2,1-2H3,(H2,18,20). The number of methoxy groups -OCH3 is 2. The van der Waals surface area contributed by atoms with Crippen molar-refractivity contribution in [2.24, 2.45) is 10.9 Å². The van der Waals surface area contributed by atoms with Gasteiger partial charge in [0.15, 0.2) is 11.5 Å². The summed E-state index contributed by atoms with van der Waals surface area (Å²) in [6.07, 6.45) is 1.58. The molecule has 0 aromatic heterocycles. The van der Waals surface area contributed by atoms with Crippen molar-refractivity contribution >= 4 is 12.1 Å². The molecule has 1 amide bonds. The van der Waals surface area contributed by atoms with E-state index in [1.54, 1.807) is 56.8 Å². The van der Waals surface area contributed by atoms with E-state index in [4.69, 9.17) is 20.0 Å². The van der Waals surface area contributed by atoms with Gasteiger partial charge in [0, 0.05) is 11.1 Å². The topological polar surface area (TPSA) is 83.1 Å². The van der Waals surface area contributed by atoms with Gasteiger partial charge < -0.3 is 20.0 Å². The second-order valence-corrected chi connectivity index (χ2v) is 4.68. The number of rotatable bonds is 7. The van der Waals surface area contributed by atoms with Crippen LogP contribution in [0, 0.1) is 0 Å². The van der Waals surface area contributed by atoms with Crippen LogP contribution in [0.5, 0.6) is 11.5 Å². The number of hydrogen-bond donors (Lipinski definition) is 1. The molecule has 0 unspecified atom stereocenters. The number of amides is 1. The molecule has 0 aliphatic carbocycles. The van der Waals surface area contributed by atoms with Gasteiger partial charge >= 0.3 is 0 Å².